The average Bonchev–Trinajstić information content (AvgIpc) is 2.69. The zero-order valence-electron chi connectivity index (χ0n) is 14.7. The minimum atomic E-state index is 0.467. The van der Waals surface area contributed by atoms with Crippen LogP contribution in [-0.2, 0) is 19.7 Å². The summed E-state index contributed by atoms with van der Waals surface area (Å²) in [6, 6.07) is 23.9. The summed E-state index contributed by atoms with van der Waals surface area (Å²) >= 11 is 6.15. The standard InChI is InChI=1S/C22H22ClNO2/c1-25-20-10-6-17(7-11-20)14-24-15-18-8-12-21(13-9-18)26-16-19-4-2-3-5-22(19)23/h2-13,24H,14-16H2,1H3. The van der Waals surface area contributed by atoms with Crippen molar-refractivity contribution in [3.05, 3.63) is 94.5 Å². The Morgan fingerprint density at radius 2 is 1.35 bits per heavy atom. The van der Waals surface area contributed by atoms with Crippen molar-refractivity contribution in [3.8, 4) is 11.5 Å². The van der Waals surface area contributed by atoms with Crippen LogP contribution in [0, 0.1) is 0 Å². The number of hydrogen-bond donors (Lipinski definition) is 1. The Morgan fingerprint density at radius 1 is 0.769 bits per heavy atom. The molecule has 0 bridgehead atoms. The predicted octanol–water partition coefficient (Wildman–Crippen LogP) is 5.22. The second kappa shape index (κ2) is 9.27. The van der Waals surface area contributed by atoms with Gasteiger partial charge in [-0.2, -0.15) is 0 Å². The average molecular weight is 368 g/mol. The van der Waals surface area contributed by atoms with Gasteiger partial charge in [-0.1, -0.05) is 54.1 Å². The number of nitrogens with one attached hydrogen (secondary N) is 1. The first-order valence-electron chi connectivity index (χ1n) is 8.53. The Hall–Kier alpha value is -2.49. The molecule has 0 radical (unpaired) electrons. The van der Waals surface area contributed by atoms with E-state index in [-0.39, 0.29) is 0 Å². The molecule has 0 aromatic heterocycles. The lowest BCUT2D eigenvalue weighted by Crippen LogP contribution is -2.12. The van der Waals surface area contributed by atoms with Gasteiger partial charge in [0.05, 0.1) is 7.11 Å². The van der Waals surface area contributed by atoms with Crippen molar-refractivity contribution in [2.75, 3.05) is 7.11 Å². The van der Waals surface area contributed by atoms with Crippen LogP contribution in [0.4, 0.5) is 0 Å². The van der Waals surface area contributed by atoms with Gasteiger partial charge in [-0.15, -0.1) is 0 Å². The summed E-state index contributed by atoms with van der Waals surface area (Å²) in [6.07, 6.45) is 0. The number of ether oxygens (including phenoxy) is 2. The molecule has 3 nitrogen and oxygen atoms in total. The van der Waals surface area contributed by atoms with Gasteiger partial charge in [-0.05, 0) is 41.5 Å². The van der Waals surface area contributed by atoms with E-state index >= 15 is 0 Å². The van der Waals surface area contributed by atoms with Gasteiger partial charge in [-0.25, -0.2) is 0 Å². The van der Waals surface area contributed by atoms with Crippen LogP contribution in [0.25, 0.3) is 0 Å². The Labute approximate surface area is 159 Å². The summed E-state index contributed by atoms with van der Waals surface area (Å²) in [5.74, 6) is 1.71. The molecular formula is C22H22ClNO2. The van der Waals surface area contributed by atoms with Gasteiger partial charge in [0.25, 0.3) is 0 Å². The van der Waals surface area contributed by atoms with Crippen molar-refractivity contribution in [3.63, 3.8) is 0 Å². The van der Waals surface area contributed by atoms with Crippen LogP contribution in [0.15, 0.2) is 72.8 Å². The quantitative estimate of drug-likeness (QED) is 0.592. The zero-order valence-corrected chi connectivity index (χ0v) is 15.5. The minimum Gasteiger partial charge on any atom is -0.497 e. The van der Waals surface area contributed by atoms with Crippen LogP contribution in [0.5, 0.6) is 11.5 Å². The number of hydrogen-bond acceptors (Lipinski definition) is 3. The van der Waals surface area contributed by atoms with E-state index in [1.165, 1.54) is 11.1 Å². The number of halogens is 1. The van der Waals surface area contributed by atoms with E-state index in [0.29, 0.717) is 6.61 Å². The van der Waals surface area contributed by atoms with Gasteiger partial charge in [0.2, 0.25) is 0 Å². The lowest BCUT2D eigenvalue weighted by atomic mass is 10.2. The third-order valence-corrected chi connectivity index (χ3v) is 4.46. The van der Waals surface area contributed by atoms with Gasteiger partial charge in [0.15, 0.2) is 0 Å². The van der Waals surface area contributed by atoms with E-state index in [1.54, 1.807) is 7.11 Å². The molecule has 3 aromatic carbocycles. The summed E-state index contributed by atoms with van der Waals surface area (Å²) in [5.41, 5.74) is 3.42. The lowest BCUT2D eigenvalue weighted by Gasteiger charge is -2.09. The van der Waals surface area contributed by atoms with Gasteiger partial charge >= 0.3 is 0 Å². The molecule has 3 aromatic rings. The fourth-order valence-electron chi connectivity index (χ4n) is 2.57. The van der Waals surface area contributed by atoms with Crippen LogP contribution >= 0.6 is 11.6 Å². The van der Waals surface area contributed by atoms with Crippen molar-refractivity contribution < 1.29 is 9.47 Å². The maximum atomic E-state index is 6.15. The lowest BCUT2D eigenvalue weighted by molar-refractivity contribution is 0.306. The van der Waals surface area contributed by atoms with E-state index in [0.717, 1.165) is 35.2 Å². The number of benzene rings is 3. The van der Waals surface area contributed by atoms with Crippen LogP contribution in [0.1, 0.15) is 16.7 Å². The molecule has 0 saturated heterocycles. The molecule has 26 heavy (non-hydrogen) atoms. The normalized spacial score (nSPS) is 10.5. The molecule has 0 spiro atoms. The molecule has 3 rings (SSSR count). The fourth-order valence-corrected chi connectivity index (χ4v) is 2.76. The molecule has 0 fully saturated rings. The van der Waals surface area contributed by atoms with E-state index < -0.39 is 0 Å². The third kappa shape index (κ3) is 5.25. The maximum Gasteiger partial charge on any atom is 0.119 e. The van der Waals surface area contributed by atoms with E-state index in [2.05, 4.69) is 29.6 Å². The molecular weight excluding hydrogens is 346 g/mol. The molecule has 0 aliphatic heterocycles. The zero-order chi connectivity index (χ0) is 18.2. The van der Waals surface area contributed by atoms with E-state index in [4.69, 9.17) is 21.1 Å². The molecule has 0 heterocycles. The van der Waals surface area contributed by atoms with Crippen molar-refractivity contribution in [1.29, 1.82) is 0 Å². The highest BCUT2D eigenvalue weighted by molar-refractivity contribution is 6.31. The second-order valence-electron chi connectivity index (χ2n) is 5.98. The maximum absolute atomic E-state index is 6.15. The molecule has 134 valence electrons. The molecule has 0 atom stereocenters. The Bertz CT molecular complexity index is 816. The summed E-state index contributed by atoms with van der Waals surface area (Å²) in [4.78, 5) is 0. The largest absolute Gasteiger partial charge is 0.497 e. The smallest absolute Gasteiger partial charge is 0.119 e. The van der Waals surface area contributed by atoms with Crippen LogP contribution < -0.4 is 14.8 Å². The predicted molar refractivity (Wildman–Crippen MR) is 106 cm³/mol. The topological polar surface area (TPSA) is 30.5 Å². The highest BCUT2D eigenvalue weighted by Crippen LogP contribution is 2.19. The number of rotatable bonds is 8. The molecule has 4 heteroatoms. The third-order valence-electron chi connectivity index (χ3n) is 4.09. The Balaban J connectivity index is 1.46. The Morgan fingerprint density at radius 3 is 1.92 bits per heavy atom. The van der Waals surface area contributed by atoms with Gasteiger partial charge < -0.3 is 14.8 Å². The molecule has 0 unspecified atom stereocenters. The van der Waals surface area contributed by atoms with Gasteiger partial charge in [0.1, 0.15) is 18.1 Å². The summed E-state index contributed by atoms with van der Waals surface area (Å²) < 4.78 is 11.0. The molecule has 0 aliphatic rings. The second-order valence-corrected chi connectivity index (χ2v) is 6.38. The Kier molecular flexibility index (Phi) is 6.53. The van der Waals surface area contributed by atoms with Gasteiger partial charge in [0, 0.05) is 23.7 Å². The first-order valence-corrected chi connectivity index (χ1v) is 8.91. The van der Waals surface area contributed by atoms with Crippen molar-refractivity contribution in [2.45, 2.75) is 19.7 Å². The minimum absolute atomic E-state index is 0.467. The monoisotopic (exact) mass is 367 g/mol. The SMILES string of the molecule is COc1ccc(CNCc2ccc(OCc3ccccc3Cl)cc2)cc1. The first kappa shape index (κ1) is 18.3. The molecule has 1 N–H and O–H groups in total. The van der Waals surface area contributed by atoms with E-state index in [9.17, 15) is 0 Å². The van der Waals surface area contributed by atoms with Crippen LogP contribution in [0.2, 0.25) is 5.02 Å². The van der Waals surface area contributed by atoms with Gasteiger partial charge in [-0.3, -0.25) is 0 Å². The summed E-state index contributed by atoms with van der Waals surface area (Å²) in [6.45, 7) is 2.08. The number of methoxy groups -OCH3 is 1. The van der Waals surface area contributed by atoms with E-state index in [1.807, 2.05) is 48.5 Å². The van der Waals surface area contributed by atoms with Crippen molar-refractivity contribution in [2.24, 2.45) is 0 Å². The molecule has 0 aliphatic carbocycles. The first-order chi connectivity index (χ1) is 12.7. The summed E-state index contributed by atoms with van der Waals surface area (Å²) in [7, 11) is 1.68. The van der Waals surface area contributed by atoms with Crippen LogP contribution in [0.3, 0.4) is 0 Å². The summed E-state index contributed by atoms with van der Waals surface area (Å²) in [5, 5.41) is 4.17. The van der Waals surface area contributed by atoms with Crippen LogP contribution in [-0.4, -0.2) is 7.11 Å². The fraction of sp³-hybridized carbons (Fsp3) is 0.182. The highest BCUT2D eigenvalue weighted by atomic mass is 35.5. The molecule has 0 amide bonds. The van der Waals surface area contributed by atoms with Crippen molar-refractivity contribution >= 4 is 11.6 Å². The highest BCUT2D eigenvalue weighted by Gasteiger charge is 2.01. The van der Waals surface area contributed by atoms with Crippen molar-refractivity contribution in [1.82, 2.24) is 5.32 Å². The molecule has 0 saturated carbocycles.